The average molecular weight is 368 g/mol. The van der Waals surface area contributed by atoms with Crippen molar-refractivity contribution >= 4 is 5.97 Å². The van der Waals surface area contributed by atoms with Crippen molar-refractivity contribution in [2.45, 2.75) is 82.9 Å². The van der Waals surface area contributed by atoms with Crippen molar-refractivity contribution < 1.29 is 28.8 Å². The van der Waals surface area contributed by atoms with Crippen LogP contribution < -0.4 is 0 Å². The summed E-state index contributed by atoms with van der Waals surface area (Å²) in [6.07, 6.45) is 7.80. The smallest absolute Gasteiger partial charge is 0.330 e. The minimum Gasteiger partial charge on any atom is -0.463 e. The molecule has 6 nitrogen and oxygen atoms in total. The minimum atomic E-state index is -0.480. The molecule has 1 aliphatic carbocycles. The van der Waals surface area contributed by atoms with E-state index in [1.165, 1.54) is 12.5 Å². The molecule has 4 atom stereocenters. The first-order chi connectivity index (χ1) is 12.6. The SMILES string of the molecule is CCOC(=O)/C=C(\C)C[C@H]1OC[C@@H](CCO)[C@H]2OC3(CCCCC3)O[C@H]21. The van der Waals surface area contributed by atoms with E-state index in [0.29, 0.717) is 26.1 Å². The molecule has 1 N–H and O–H groups in total. The molecule has 3 fully saturated rings. The first-order valence-corrected chi connectivity index (χ1v) is 9.99. The Balaban J connectivity index is 1.70. The van der Waals surface area contributed by atoms with Gasteiger partial charge in [0, 0.05) is 31.4 Å². The summed E-state index contributed by atoms with van der Waals surface area (Å²) in [4.78, 5) is 11.7. The molecule has 0 aromatic rings. The lowest BCUT2D eigenvalue weighted by Crippen LogP contribution is -2.48. The molecule has 0 bridgehead atoms. The summed E-state index contributed by atoms with van der Waals surface area (Å²) in [6.45, 7) is 4.76. The topological polar surface area (TPSA) is 74.2 Å². The van der Waals surface area contributed by atoms with Gasteiger partial charge in [-0.15, -0.1) is 0 Å². The number of hydrogen-bond donors (Lipinski definition) is 1. The number of aliphatic hydroxyl groups excluding tert-OH is 1. The fourth-order valence-electron chi connectivity index (χ4n) is 4.42. The molecule has 0 amide bonds. The van der Waals surface area contributed by atoms with Crippen molar-refractivity contribution in [3.63, 3.8) is 0 Å². The number of rotatable bonds is 6. The zero-order chi connectivity index (χ0) is 18.6. The van der Waals surface area contributed by atoms with Gasteiger partial charge in [0.2, 0.25) is 0 Å². The third-order valence-electron chi connectivity index (χ3n) is 5.67. The van der Waals surface area contributed by atoms with E-state index in [1.807, 2.05) is 6.92 Å². The lowest BCUT2D eigenvalue weighted by molar-refractivity contribution is -0.198. The highest BCUT2D eigenvalue weighted by molar-refractivity contribution is 5.82. The Kier molecular flexibility index (Phi) is 6.72. The summed E-state index contributed by atoms with van der Waals surface area (Å²) in [5.74, 6) is -0.647. The molecule has 6 heteroatoms. The molecule has 2 aliphatic heterocycles. The number of ether oxygens (including phenoxy) is 4. The van der Waals surface area contributed by atoms with Crippen LogP contribution in [0, 0.1) is 5.92 Å². The van der Waals surface area contributed by atoms with Crippen LogP contribution in [-0.4, -0.2) is 55.0 Å². The third kappa shape index (κ3) is 4.47. The molecule has 26 heavy (non-hydrogen) atoms. The van der Waals surface area contributed by atoms with Gasteiger partial charge in [0.1, 0.15) is 6.10 Å². The lowest BCUT2D eigenvalue weighted by Gasteiger charge is -2.37. The summed E-state index contributed by atoms with van der Waals surface area (Å²) < 4.78 is 24.0. The van der Waals surface area contributed by atoms with Crippen LogP contribution >= 0.6 is 0 Å². The van der Waals surface area contributed by atoms with Gasteiger partial charge < -0.3 is 24.1 Å². The van der Waals surface area contributed by atoms with Crippen molar-refractivity contribution in [2.75, 3.05) is 19.8 Å². The van der Waals surface area contributed by atoms with Crippen molar-refractivity contribution in [3.8, 4) is 0 Å². The van der Waals surface area contributed by atoms with Gasteiger partial charge in [0.25, 0.3) is 0 Å². The number of aliphatic hydroxyl groups is 1. The molecule has 3 aliphatic rings. The molecule has 2 heterocycles. The zero-order valence-corrected chi connectivity index (χ0v) is 15.9. The van der Waals surface area contributed by atoms with Crippen molar-refractivity contribution in [2.24, 2.45) is 5.92 Å². The fraction of sp³-hybridized carbons (Fsp3) is 0.850. The van der Waals surface area contributed by atoms with E-state index in [-0.39, 0.29) is 36.8 Å². The molecule has 0 unspecified atom stereocenters. The highest BCUT2D eigenvalue weighted by Gasteiger charge is 2.55. The lowest BCUT2D eigenvalue weighted by atomic mass is 9.88. The predicted molar refractivity (Wildman–Crippen MR) is 95.5 cm³/mol. The standard InChI is InChI=1S/C20H32O6/c1-3-23-17(22)12-14(2)11-16-19-18(15(7-10-21)13-24-16)25-20(26-19)8-5-4-6-9-20/h12,15-16,18-19,21H,3-11,13H2,1-2H3/b14-12+/t15-,16-,18-,19+/m1/s1. The Bertz CT molecular complexity index is 510. The molecular weight excluding hydrogens is 336 g/mol. The van der Waals surface area contributed by atoms with Crippen LogP contribution in [0.25, 0.3) is 0 Å². The van der Waals surface area contributed by atoms with Crippen molar-refractivity contribution in [1.82, 2.24) is 0 Å². The zero-order valence-electron chi connectivity index (χ0n) is 15.9. The van der Waals surface area contributed by atoms with Crippen LogP contribution in [-0.2, 0) is 23.7 Å². The summed E-state index contributed by atoms with van der Waals surface area (Å²) in [7, 11) is 0. The quantitative estimate of drug-likeness (QED) is 0.574. The monoisotopic (exact) mass is 368 g/mol. The van der Waals surface area contributed by atoms with E-state index < -0.39 is 5.79 Å². The van der Waals surface area contributed by atoms with Crippen LogP contribution in [0.15, 0.2) is 11.6 Å². The summed E-state index contributed by atoms with van der Waals surface area (Å²) in [6, 6.07) is 0. The van der Waals surface area contributed by atoms with Crippen LogP contribution in [0.5, 0.6) is 0 Å². The van der Waals surface area contributed by atoms with Gasteiger partial charge in [-0.2, -0.15) is 0 Å². The number of fused-ring (bicyclic) bond motifs is 1. The largest absolute Gasteiger partial charge is 0.463 e. The van der Waals surface area contributed by atoms with E-state index in [0.717, 1.165) is 31.3 Å². The van der Waals surface area contributed by atoms with Gasteiger partial charge in [-0.3, -0.25) is 0 Å². The van der Waals surface area contributed by atoms with Gasteiger partial charge in [-0.05, 0) is 39.5 Å². The summed E-state index contributed by atoms with van der Waals surface area (Å²) in [5, 5.41) is 9.39. The minimum absolute atomic E-state index is 0.0469. The molecule has 148 valence electrons. The summed E-state index contributed by atoms with van der Waals surface area (Å²) >= 11 is 0. The molecule has 3 rings (SSSR count). The average Bonchev–Trinajstić information content (AvgIpc) is 2.97. The van der Waals surface area contributed by atoms with Crippen LogP contribution in [0.3, 0.4) is 0 Å². The molecular formula is C20H32O6. The number of esters is 1. The molecule has 0 aromatic carbocycles. The Morgan fingerprint density at radius 1 is 1.23 bits per heavy atom. The normalized spacial score (nSPS) is 33.9. The molecule has 0 radical (unpaired) electrons. The maximum Gasteiger partial charge on any atom is 0.330 e. The van der Waals surface area contributed by atoms with E-state index in [2.05, 4.69) is 0 Å². The van der Waals surface area contributed by atoms with Crippen LogP contribution in [0.2, 0.25) is 0 Å². The van der Waals surface area contributed by atoms with Crippen LogP contribution in [0.1, 0.15) is 58.8 Å². The molecule has 1 spiro atoms. The molecule has 2 saturated heterocycles. The molecule has 1 saturated carbocycles. The van der Waals surface area contributed by atoms with Crippen LogP contribution in [0.4, 0.5) is 0 Å². The molecule has 0 aromatic heterocycles. The number of carbonyl (C=O) groups is 1. The van der Waals surface area contributed by atoms with Crippen molar-refractivity contribution in [1.29, 1.82) is 0 Å². The second-order valence-corrected chi connectivity index (χ2v) is 7.73. The number of carbonyl (C=O) groups excluding carboxylic acids is 1. The van der Waals surface area contributed by atoms with E-state index in [9.17, 15) is 9.90 Å². The first-order valence-electron chi connectivity index (χ1n) is 9.99. The summed E-state index contributed by atoms with van der Waals surface area (Å²) in [5.41, 5.74) is 0.918. The Labute approximate surface area is 155 Å². The van der Waals surface area contributed by atoms with E-state index in [1.54, 1.807) is 6.92 Å². The highest BCUT2D eigenvalue weighted by Crippen LogP contribution is 2.46. The maximum absolute atomic E-state index is 11.7. The van der Waals surface area contributed by atoms with Gasteiger partial charge in [0.15, 0.2) is 5.79 Å². The Morgan fingerprint density at radius 3 is 2.65 bits per heavy atom. The Morgan fingerprint density at radius 2 is 1.96 bits per heavy atom. The second kappa shape index (κ2) is 8.83. The van der Waals surface area contributed by atoms with E-state index in [4.69, 9.17) is 18.9 Å². The maximum atomic E-state index is 11.7. The van der Waals surface area contributed by atoms with Gasteiger partial charge in [-0.25, -0.2) is 4.79 Å². The fourth-order valence-corrected chi connectivity index (χ4v) is 4.42. The highest BCUT2D eigenvalue weighted by atomic mass is 16.8. The third-order valence-corrected chi connectivity index (χ3v) is 5.67. The van der Waals surface area contributed by atoms with Gasteiger partial charge in [-0.1, -0.05) is 12.0 Å². The first kappa shape index (κ1) is 19.8. The predicted octanol–water partition coefficient (Wildman–Crippen LogP) is 2.73. The number of hydrogen-bond acceptors (Lipinski definition) is 6. The van der Waals surface area contributed by atoms with Crippen molar-refractivity contribution in [3.05, 3.63) is 11.6 Å². The van der Waals surface area contributed by atoms with E-state index >= 15 is 0 Å². The Hall–Kier alpha value is -0.950. The van der Waals surface area contributed by atoms with Gasteiger partial charge in [0.05, 0.1) is 25.4 Å². The van der Waals surface area contributed by atoms with Gasteiger partial charge >= 0.3 is 5.97 Å². The second-order valence-electron chi connectivity index (χ2n) is 7.73.